The number of anilines is 1. The molecule has 152 valence electrons. The zero-order chi connectivity index (χ0) is 21.1. The number of nitrogens with one attached hydrogen (secondary N) is 3. The number of aromatic amines is 1. The summed E-state index contributed by atoms with van der Waals surface area (Å²) in [5.41, 5.74) is 2.82. The largest absolute Gasteiger partial charge is 0.347 e. The summed E-state index contributed by atoms with van der Waals surface area (Å²) in [6.45, 7) is 2.27. The Kier molecular flexibility index (Phi) is 5.58. The molecule has 2 aromatic heterocycles. The molecule has 0 unspecified atom stereocenters. The zero-order valence-corrected chi connectivity index (χ0v) is 17.0. The number of amides is 2. The van der Waals surface area contributed by atoms with E-state index in [9.17, 15) is 14.0 Å². The van der Waals surface area contributed by atoms with Crippen LogP contribution < -0.4 is 10.6 Å². The van der Waals surface area contributed by atoms with Gasteiger partial charge < -0.3 is 10.6 Å². The summed E-state index contributed by atoms with van der Waals surface area (Å²) in [4.78, 5) is 26.0. The molecule has 4 rings (SSSR count). The maximum absolute atomic E-state index is 13.0. The second-order valence-electron chi connectivity index (χ2n) is 6.95. The lowest BCUT2D eigenvalue weighted by Gasteiger charge is -2.04. The molecule has 0 spiro atoms. The fourth-order valence-corrected chi connectivity index (χ4v) is 3.99. The van der Waals surface area contributed by atoms with Crippen LogP contribution in [0.2, 0.25) is 0 Å². The summed E-state index contributed by atoms with van der Waals surface area (Å²) in [5, 5.41) is 13.3. The highest BCUT2D eigenvalue weighted by Gasteiger charge is 2.16. The van der Waals surface area contributed by atoms with Crippen LogP contribution >= 0.6 is 11.3 Å². The molecule has 2 amide bonds. The minimum atomic E-state index is -0.318. The molecule has 2 aromatic carbocycles. The Labute approximate surface area is 176 Å². The lowest BCUT2D eigenvalue weighted by atomic mass is 10.1. The molecule has 0 bridgehead atoms. The summed E-state index contributed by atoms with van der Waals surface area (Å²) >= 11 is 1.23. The zero-order valence-electron chi connectivity index (χ0n) is 16.2. The van der Waals surface area contributed by atoms with Gasteiger partial charge in [0.05, 0.1) is 16.7 Å². The van der Waals surface area contributed by atoms with Crippen molar-refractivity contribution in [3.8, 4) is 0 Å². The van der Waals surface area contributed by atoms with Gasteiger partial charge in [-0.15, -0.1) is 11.3 Å². The van der Waals surface area contributed by atoms with Crippen LogP contribution in [0, 0.1) is 12.7 Å². The number of benzene rings is 2. The van der Waals surface area contributed by atoms with Gasteiger partial charge in [-0.3, -0.25) is 14.7 Å². The number of nitrogens with zero attached hydrogens (tertiary/aromatic N) is 1. The first-order chi connectivity index (χ1) is 14.5. The van der Waals surface area contributed by atoms with E-state index >= 15 is 0 Å². The van der Waals surface area contributed by atoms with Gasteiger partial charge >= 0.3 is 0 Å². The molecule has 0 aliphatic carbocycles. The van der Waals surface area contributed by atoms with Gasteiger partial charge in [0.25, 0.3) is 5.91 Å². The van der Waals surface area contributed by atoms with E-state index in [1.165, 1.54) is 23.5 Å². The number of hydrogen-bond donors (Lipinski definition) is 3. The van der Waals surface area contributed by atoms with E-state index in [-0.39, 0.29) is 24.1 Å². The van der Waals surface area contributed by atoms with Gasteiger partial charge in [0.2, 0.25) is 5.91 Å². The number of carbonyl (C=O) groups is 2. The smallest absolute Gasteiger partial charge is 0.261 e. The monoisotopic (exact) mass is 422 g/mol. The van der Waals surface area contributed by atoms with Gasteiger partial charge in [-0.2, -0.15) is 5.10 Å². The fourth-order valence-electron chi connectivity index (χ4n) is 3.08. The molecule has 0 atom stereocenters. The Morgan fingerprint density at radius 1 is 1.10 bits per heavy atom. The first-order valence-corrected chi connectivity index (χ1v) is 10.2. The molecule has 6 nitrogen and oxygen atoms in total. The summed E-state index contributed by atoms with van der Waals surface area (Å²) in [6, 6.07) is 15.4. The molecule has 0 radical (unpaired) electrons. The molecule has 3 N–H and O–H groups in total. The summed E-state index contributed by atoms with van der Waals surface area (Å²) in [7, 11) is 0. The minimum absolute atomic E-state index is 0.167. The van der Waals surface area contributed by atoms with Gasteiger partial charge in [0.1, 0.15) is 16.5 Å². The van der Waals surface area contributed by atoms with Crippen molar-refractivity contribution < 1.29 is 14.0 Å². The van der Waals surface area contributed by atoms with Crippen molar-refractivity contribution >= 4 is 39.2 Å². The maximum atomic E-state index is 13.0. The minimum Gasteiger partial charge on any atom is -0.347 e. The summed E-state index contributed by atoms with van der Waals surface area (Å²) in [5.74, 6) is -0.267. The Hall–Kier alpha value is -3.52. The highest BCUT2D eigenvalue weighted by atomic mass is 32.1. The molecule has 0 saturated carbocycles. The third-order valence-electron chi connectivity index (χ3n) is 4.55. The molecule has 2 heterocycles. The van der Waals surface area contributed by atoms with Crippen LogP contribution in [0.3, 0.4) is 0 Å². The van der Waals surface area contributed by atoms with E-state index in [0.717, 1.165) is 16.7 Å². The highest BCUT2D eigenvalue weighted by molar-refractivity contribution is 7.20. The van der Waals surface area contributed by atoms with Crippen LogP contribution in [0.1, 0.15) is 26.4 Å². The van der Waals surface area contributed by atoms with Crippen molar-refractivity contribution in [2.24, 2.45) is 0 Å². The second-order valence-corrected chi connectivity index (χ2v) is 7.98. The second kappa shape index (κ2) is 8.46. The van der Waals surface area contributed by atoms with Crippen molar-refractivity contribution in [1.82, 2.24) is 15.5 Å². The van der Waals surface area contributed by atoms with E-state index in [0.29, 0.717) is 27.5 Å². The number of fused-ring (bicyclic) bond motifs is 1. The van der Waals surface area contributed by atoms with Crippen molar-refractivity contribution in [2.45, 2.75) is 19.9 Å². The van der Waals surface area contributed by atoms with E-state index in [1.807, 2.05) is 31.2 Å². The standard InChI is InChI=1S/C22H19FN4O2S/c1-13-3-2-4-15(9-13)10-19(28)25-20-17-11-18(30-22(17)27-26-20)21(29)24-12-14-5-7-16(23)8-6-14/h2-9,11H,10,12H2,1H3,(H,24,29)(H2,25,26,27,28). The third-order valence-corrected chi connectivity index (χ3v) is 5.58. The van der Waals surface area contributed by atoms with Crippen molar-refractivity contribution in [1.29, 1.82) is 0 Å². The Morgan fingerprint density at radius 3 is 2.67 bits per heavy atom. The Bertz CT molecular complexity index is 1210. The maximum Gasteiger partial charge on any atom is 0.261 e. The third kappa shape index (κ3) is 4.55. The number of rotatable bonds is 6. The predicted octanol–water partition coefficient (Wildman–Crippen LogP) is 4.18. The van der Waals surface area contributed by atoms with E-state index in [1.54, 1.807) is 18.2 Å². The van der Waals surface area contributed by atoms with Crippen LogP contribution in [0.25, 0.3) is 10.2 Å². The average molecular weight is 422 g/mol. The normalized spacial score (nSPS) is 10.9. The summed E-state index contributed by atoms with van der Waals surface area (Å²) < 4.78 is 13.0. The van der Waals surface area contributed by atoms with Gasteiger partial charge in [0.15, 0.2) is 0 Å². The van der Waals surface area contributed by atoms with E-state index in [2.05, 4.69) is 20.8 Å². The number of aryl methyl sites for hydroxylation is 1. The molecule has 4 aromatic rings. The SMILES string of the molecule is Cc1cccc(CC(=O)Nc2[nH]nc3sc(C(=O)NCc4ccc(F)cc4)cc23)c1. The van der Waals surface area contributed by atoms with Gasteiger partial charge in [0, 0.05) is 6.54 Å². The van der Waals surface area contributed by atoms with Crippen molar-refractivity contribution in [3.63, 3.8) is 0 Å². The fraction of sp³-hybridized carbons (Fsp3) is 0.136. The van der Waals surface area contributed by atoms with Gasteiger partial charge in [-0.25, -0.2) is 4.39 Å². The Balaban J connectivity index is 1.42. The number of hydrogen-bond acceptors (Lipinski definition) is 4. The van der Waals surface area contributed by atoms with Crippen LogP contribution in [-0.2, 0) is 17.8 Å². The Morgan fingerprint density at radius 2 is 1.90 bits per heavy atom. The van der Waals surface area contributed by atoms with Crippen LogP contribution in [0.5, 0.6) is 0 Å². The van der Waals surface area contributed by atoms with Gasteiger partial charge in [-0.1, -0.05) is 42.0 Å². The molecule has 0 fully saturated rings. The number of halogens is 1. The molecular weight excluding hydrogens is 403 g/mol. The molecule has 0 aliphatic heterocycles. The first kappa shape index (κ1) is 19.8. The summed E-state index contributed by atoms with van der Waals surface area (Å²) in [6.07, 6.45) is 0.247. The van der Waals surface area contributed by atoms with E-state index < -0.39 is 0 Å². The lowest BCUT2D eigenvalue weighted by molar-refractivity contribution is -0.115. The molecule has 8 heteroatoms. The molecule has 0 aliphatic rings. The van der Waals surface area contributed by atoms with E-state index in [4.69, 9.17) is 0 Å². The molecular formula is C22H19FN4O2S. The topological polar surface area (TPSA) is 86.9 Å². The van der Waals surface area contributed by atoms with Crippen LogP contribution in [0.15, 0.2) is 54.6 Å². The number of thiophene rings is 1. The number of carbonyl (C=O) groups excluding carboxylic acids is 2. The van der Waals surface area contributed by atoms with Crippen molar-refractivity contribution in [2.75, 3.05) is 5.32 Å². The lowest BCUT2D eigenvalue weighted by Crippen LogP contribution is -2.21. The molecule has 0 saturated heterocycles. The number of H-pyrrole nitrogens is 1. The van der Waals surface area contributed by atoms with Crippen LogP contribution in [-0.4, -0.2) is 22.0 Å². The number of aromatic nitrogens is 2. The molecule has 30 heavy (non-hydrogen) atoms. The van der Waals surface area contributed by atoms with Crippen LogP contribution in [0.4, 0.5) is 10.2 Å². The quantitative estimate of drug-likeness (QED) is 0.436. The van der Waals surface area contributed by atoms with Crippen molar-refractivity contribution in [3.05, 3.63) is 82.0 Å². The predicted molar refractivity (Wildman–Crippen MR) is 115 cm³/mol. The first-order valence-electron chi connectivity index (χ1n) is 9.34. The highest BCUT2D eigenvalue weighted by Crippen LogP contribution is 2.29. The average Bonchev–Trinajstić information content (AvgIpc) is 3.29. The van der Waals surface area contributed by atoms with Gasteiger partial charge in [-0.05, 0) is 36.2 Å².